The van der Waals surface area contributed by atoms with Gasteiger partial charge in [0, 0.05) is 30.7 Å². The molecule has 0 spiro atoms. The minimum absolute atomic E-state index is 0.725. The van der Waals surface area contributed by atoms with Gasteiger partial charge in [-0.1, -0.05) is 22.0 Å². The number of piperidine rings is 1. The van der Waals surface area contributed by atoms with E-state index < -0.39 is 0 Å². The molecule has 1 aromatic rings. The predicted molar refractivity (Wildman–Crippen MR) is 80.5 cm³/mol. The quantitative estimate of drug-likeness (QED) is 0.800. The third-order valence-corrected chi connectivity index (χ3v) is 4.40. The summed E-state index contributed by atoms with van der Waals surface area (Å²) in [6.45, 7) is 4.39. The van der Waals surface area contributed by atoms with Crippen LogP contribution in [0.25, 0.3) is 0 Å². The van der Waals surface area contributed by atoms with Crippen LogP contribution >= 0.6 is 15.9 Å². The number of alkyl halides is 1. The van der Waals surface area contributed by atoms with Crippen molar-refractivity contribution < 1.29 is 0 Å². The summed E-state index contributed by atoms with van der Waals surface area (Å²) in [6.07, 6.45) is 4.44. The highest BCUT2D eigenvalue weighted by atomic mass is 79.9. The second-order valence-electron chi connectivity index (χ2n) is 5.30. The Kier molecular flexibility index (Phi) is 4.62. The zero-order valence-electron chi connectivity index (χ0n) is 11.5. The van der Waals surface area contributed by atoms with Crippen LogP contribution in [0.15, 0.2) is 12.3 Å². The Morgan fingerprint density at radius 1 is 1.39 bits per heavy atom. The molecule has 2 heterocycles. The summed E-state index contributed by atoms with van der Waals surface area (Å²) >= 11 is 3.48. The Morgan fingerprint density at radius 2 is 2.06 bits per heavy atom. The van der Waals surface area contributed by atoms with E-state index in [1.165, 1.54) is 24.0 Å². The lowest BCUT2D eigenvalue weighted by molar-refractivity contribution is 0.249. The molecule has 1 aliphatic rings. The predicted octanol–water partition coefficient (Wildman–Crippen LogP) is 2.82. The number of aryl methyl sites for hydroxylation is 1. The molecule has 1 aromatic heterocycles. The highest BCUT2D eigenvalue weighted by Gasteiger charge is 2.22. The van der Waals surface area contributed by atoms with E-state index in [9.17, 15) is 0 Å². The number of hydrogen-bond donors (Lipinski definition) is 0. The molecule has 0 aromatic carbocycles. The van der Waals surface area contributed by atoms with Crippen molar-refractivity contribution in [1.29, 1.82) is 0 Å². The molecule has 0 radical (unpaired) electrons. The van der Waals surface area contributed by atoms with Crippen molar-refractivity contribution in [2.24, 2.45) is 0 Å². The monoisotopic (exact) mass is 311 g/mol. The Morgan fingerprint density at radius 3 is 2.56 bits per heavy atom. The molecule has 3 nitrogen and oxygen atoms in total. The van der Waals surface area contributed by atoms with Crippen LogP contribution in [0.4, 0.5) is 5.82 Å². The Balaban J connectivity index is 2.05. The SMILES string of the molecule is Cc1cc(CBr)cnc1N1CCC(N(C)C)CC1. The van der Waals surface area contributed by atoms with Gasteiger partial charge in [-0.15, -0.1) is 0 Å². The first kappa shape index (κ1) is 13.8. The van der Waals surface area contributed by atoms with Gasteiger partial charge in [0.05, 0.1) is 0 Å². The average molecular weight is 312 g/mol. The topological polar surface area (TPSA) is 19.4 Å². The second kappa shape index (κ2) is 6.02. The van der Waals surface area contributed by atoms with Gasteiger partial charge >= 0.3 is 0 Å². The van der Waals surface area contributed by atoms with Crippen LogP contribution in [0.3, 0.4) is 0 Å². The Labute approximate surface area is 118 Å². The molecular weight excluding hydrogens is 290 g/mol. The summed E-state index contributed by atoms with van der Waals surface area (Å²) in [5, 5.41) is 0.879. The van der Waals surface area contributed by atoms with Crippen molar-refractivity contribution in [2.75, 3.05) is 32.1 Å². The van der Waals surface area contributed by atoms with Crippen LogP contribution in [0.2, 0.25) is 0 Å². The van der Waals surface area contributed by atoms with E-state index in [2.05, 4.69) is 57.8 Å². The molecule has 0 amide bonds. The van der Waals surface area contributed by atoms with Gasteiger partial charge < -0.3 is 9.80 Å². The number of anilines is 1. The smallest absolute Gasteiger partial charge is 0.131 e. The van der Waals surface area contributed by atoms with Gasteiger partial charge in [0.2, 0.25) is 0 Å². The molecule has 100 valence electrons. The molecule has 0 bridgehead atoms. The van der Waals surface area contributed by atoms with Gasteiger partial charge in [0.15, 0.2) is 0 Å². The highest BCUT2D eigenvalue weighted by Crippen LogP contribution is 2.23. The van der Waals surface area contributed by atoms with E-state index in [0.29, 0.717) is 0 Å². The molecule has 1 fully saturated rings. The lowest BCUT2D eigenvalue weighted by Gasteiger charge is -2.36. The lowest BCUT2D eigenvalue weighted by atomic mass is 10.0. The standard InChI is InChI=1S/C14H22BrN3/c1-11-8-12(9-15)10-16-14(11)18-6-4-13(5-7-18)17(2)3/h8,10,13H,4-7,9H2,1-3H3. The minimum atomic E-state index is 0.725. The zero-order chi connectivity index (χ0) is 13.1. The summed E-state index contributed by atoms with van der Waals surface area (Å²) in [5.74, 6) is 1.16. The summed E-state index contributed by atoms with van der Waals surface area (Å²) in [7, 11) is 4.35. The highest BCUT2D eigenvalue weighted by molar-refractivity contribution is 9.08. The Hall–Kier alpha value is -0.610. The molecule has 0 aliphatic carbocycles. The van der Waals surface area contributed by atoms with Crippen LogP contribution in [0.5, 0.6) is 0 Å². The van der Waals surface area contributed by atoms with Crippen molar-refractivity contribution in [2.45, 2.75) is 31.1 Å². The number of rotatable bonds is 3. The number of nitrogens with zero attached hydrogens (tertiary/aromatic N) is 3. The maximum Gasteiger partial charge on any atom is 0.131 e. The van der Waals surface area contributed by atoms with E-state index in [1.54, 1.807) is 0 Å². The van der Waals surface area contributed by atoms with Crippen molar-refractivity contribution in [3.63, 3.8) is 0 Å². The third-order valence-electron chi connectivity index (χ3n) is 3.76. The molecule has 0 N–H and O–H groups in total. The maximum absolute atomic E-state index is 4.62. The van der Waals surface area contributed by atoms with E-state index in [1.807, 2.05) is 6.20 Å². The van der Waals surface area contributed by atoms with E-state index in [0.717, 1.165) is 30.3 Å². The van der Waals surface area contributed by atoms with E-state index >= 15 is 0 Å². The molecule has 4 heteroatoms. The third kappa shape index (κ3) is 3.04. The summed E-state index contributed by atoms with van der Waals surface area (Å²) in [5.41, 5.74) is 2.54. The molecule has 0 saturated carbocycles. The first-order chi connectivity index (χ1) is 8.61. The van der Waals surface area contributed by atoms with Crippen molar-refractivity contribution in [3.8, 4) is 0 Å². The Bertz CT molecular complexity index is 398. The first-order valence-corrected chi connectivity index (χ1v) is 7.67. The van der Waals surface area contributed by atoms with Gasteiger partial charge in [-0.05, 0) is 45.0 Å². The second-order valence-corrected chi connectivity index (χ2v) is 5.86. The van der Waals surface area contributed by atoms with Crippen LogP contribution in [0.1, 0.15) is 24.0 Å². The van der Waals surface area contributed by atoms with E-state index in [4.69, 9.17) is 0 Å². The van der Waals surface area contributed by atoms with Crippen LogP contribution in [0, 0.1) is 6.92 Å². The fourth-order valence-corrected chi connectivity index (χ4v) is 2.93. The van der Waals surface area contributed by atoms with Crippen molar-refractivity contribution in [3.05, 3.63) is 23.4 Å². The summed E-state index contributed by atoms with van der Waals surface area (Å²) in [6, 6.07) is 2.96. The summed E-state index contributed by atoms with van der Waals surface area (Å²) in [4.78, 5) is 9.39. The van der Waals surface area contributed by atoms with Crippen LogP contribution in [-0.4, -0.2) is 43.1 Å². The van der Waals surface area contributed by atoms with Gasteiger partial charge in [0.25, 0.3) is 0 Å². The van der Waals surface area contributed by atoms with Crippen molar-refractivity contribution in [1.82, 2.24) is 9.88 Å². The summed E-state index contributed by atoms with van der Waals surface area (Å²) < 4.78 is 0. The fourth-order valence-electron chi connectivity index (χ4n) is 2.62. The molecule has 18 heavy (non-hydrogen) atoms. The molecule has 1 aliphatic heterocycles. The molecule has 2 rings (SSSR count). The maximum atomic E-state index is 4.62. The van der Waals surface area contributed by atoms with Crippen LogP contribution < -0.4 is 4.90 Å². The minimum Gasteiger partial charge on any atom is -0.356 e. The van der Waals surface area contributed by atoms with Gasteiger partial charge in [-0.25, -0.2) is 4.98 Å². The zero-order valence-corrected chi connectivity index (χ0v) is 13.1. The number of pyridine rings is 1. The number of hydrogen-bond acceptors (Lipinski definition) is 3. The van der Waals surface area contributed by atoms with Gasteiger partial charge in [0.1, 0.15) is 5.82 Å². The van der Waals surface area contributed by atoms with Gasteiger partial charge in [-0.2, -0.15) is 0 Å². The number of aromatic nitrogens is 1. The van der Waals surface area contributed by atoms with E-state index in [-0.39, 0.29) is 0 Å². The molecule has 0 atom stereocenters. The average Bonchev–Trinajstić information content (AvgIpc) is 2.38. The molecule has 0 unspecified atom stereocenters. The fraction of sp³-hybridized carbons (Fsp3) is 0.643. The van der Waals surface area contributed by atoms with Crippen molar-refractivity contribution >= 4 is 21.7 Å². The first-order valence-electron chi connectivity index (χ1n) is 6.54. The normalized spacial score (nSPS) is 17.5. The van der Waals surface area contributed by atoms with Crippen LogP contribution in [-0.2, 0) is 5.33 Å². The number of halogens is 1. The molecule has 1 saturated heterocycles. The molecular formula is C14H22BrN3. The largest absolute Gasteiger partial charge is 0.356 e. The van der Waals surface area contributed by atoms with Gasteiger partial charge in [-0.3, -0.25) is 0 Å². The lowest BCUT2D eigenvalue weighted by Crippen LogP contribution is -2.42.